The van der Waals surface area contributed by atoms with E-state index in [0.717, 1.165) is 0 Å². The molecular formula is C10H12ClN3O3S2. The van der Waals surface area contributed by atoms with Crippen LogP contribution in [0.3, 0.4) is 0 Å². The van der Waals surface area contributed by atoms with Crippen LogP contribution in [-0.4, -0.2) is 35.6 Å². The van der Waals surface area contributed by atoms with Crippen LogP contribution in [0.1, 0.15) is 12.8 Å². The number of hydrogen-bond acceptors (Lipinski definition) is 5. The highest BCUT2D eigenvalue weighted by Crippen LogP contribution is 2.28. The Hall–Kier alpha value is -0.670. The maximum Gasteiger partial charge on any atom is 0.259 e. The summed E-state index contributed by atoms with van der Waals surface area (Å²) in [5, 5.41) is 10.9. The van der Waals surface area contributed by atoms with Crippen molar-refractivity contribution in [2.24, 2.45) is 5.92 Å². The Morgan fingerprint density at radius 1 is 1.58 bits per heavy atom. The Kier molecular flexibility index (Phi) is 3.30. The molecule has 1 aliphatic carbocycles. The van der Waals surface area contributed by atoms with Crippen LogP contribution in [-0.2, 0) is 10.0 Å². The molecule has 9 heteroatoms. The zero-order valence-corrected chi connectivity index (χ0v) is 12.2. The highest BCUT2D eigenvalue weighted by Gasteiger charge is 2.30. The molecule has 19 heavy (non-hydrogen) atoms. The van der Waals surface area contributed by atoms with E-state index in [1.165, 1.54) is 15.7 Å². The monoisotopic (exact) mass is 321 g/mol. The van der Waals surface area contributed by atoms with Crippen LogP contribution < -0.4 is 4.72 Å². The van der Waals surface area contributed by atoms with Crippen molar-refractivity contribution in [3.63, 3.8) is 0 Å². The lowest BCUT2D eigenvalue weighted by Gasteiger charge is -2.31. The van der Waals surface area contributed by atoms with Crippen LogP contribution in [0.5, 0.6) is 0 Å². The first-order chi connectivity index (χ1) is 8.97. The van der Waals surface area contributed by atoms with Crippen molar-refractivity contribution in [2.75, 3.05) is 6.54 Å². The number of rotatable bonds is 4. The predicted molar refractivity (Wildman–Crippen MR) is 72.0 cm³/mol. The standard InChI is InChI=1S/C10H12ClN3O3S2/c11-8-9(14-1-2-18-10(14)13-8)19(16,17)12-5-6-3-7(15)4-6/h1-2,6-7,12,15H,3-5H2. The summed E-state index contributed by atoms with van der Waals surface area (Å²) in [4.78, 5) is 4.55. The Balaban J connectivity index is 1.83. The first-order valence-electron chi connectivity index (χ1n) is 5.76. The minimum Gasteiger partial charge on any atom is -0.393 e. The maximum absolute atomic E-state index is 12.2. The second kappa shape index (κ2) is 4.71. The van der Waals surface area contributed by atoms with Gasteiger partial charge in [0.2, 0.25) is 0 Å². The van der Waals surface area contributed by atoms with E-state index in [0.29, 0.717) is 24.3 Å². The third kappa shape index (κ3) is 2.38. The summed E-state index contributed by atoms with van der Waals surface area (Å²) in [7, 11) is -3.69. The number of hydrogen-bond donors (Lipinski definition) is 2. The molecule has 1 fully saturated rings. The molecule has 6 nitrogen and oxygen atoms in total. The molecule has 0 radical (unpaired) electrons. The van der Waals surface area contributed by atoms with E-state index >= 15 is 0 Å². The second-order valence-electron chi connectivity index (χ2n) is 4.61. The van der Waals surface area contributed by atoms with Gasteiger partial charge in [0, 0.05) is 18.1 Å². The van der Waals surface area contributed by atoms with Crippen LogP contribution in [0, 0.1) is 5.92 Å². The van der Waals surface area contributed by atoms with Gasteiger partial charge in [-0.15, -0.1) is 11.3 Å². The lowest BCUT2D eigenvalue weighted by Crippen LogP contribution is -2.38. The van der Waals surface area contributed by atoms with Crippen molar-refractivity contribution < 1.29 is 13.5 Å². The fourth-order valence-electron chi connectivity index (χ4n) is 2.14. The number of fused-ring (bicyclic) bond motifs is 1. The summed E-state index contributed by atoms with van der Waals surface area (Å²) in [6.07, 6.45) is 2.60. The van der Waals surface area contributed by atoms with Crippen molar-refractivity contribution in [2.45, 2.75) is 24.0 Å². The lowest BCUT2D eigenvalue weighted by atomic mass is 9.83. The molecule has 2 aromatic heterocycles. The Morgan fingerprint density at radius 3 is 3.00 bits per heavy atom. The zero-order chi connectivity index (χ0) is 13.6. The van der Waals surface area contributed by atoms with E-state index in [-0.39, 0.29) is 22.2 Å². The Labute approximate surface area is 119 Å². The van der Waals surface area contributed by atoms with Crippen molar-refractivity contribution in [3.05, 3.63) is 16.7 Å². The first kappa shape index (κ1) is 13.3. The molecule has 3 rings (SSSR count). The van der Waals surface area contributed by atoms with Crippen molar-refractivity contribution in [3.8, 4) is 0 Å². The Bertz CT molecular complexity index is 703. The summed E-state index contributed by atoms with van der Waals surface area (Å²) in [6.45, 7) is 0.313. The minimum absolute atomic E-state index is 0.0204. The third-order valence-electron chi connectivity index (χ3n) is 3.21. The average Bonchev–Trinajstić information content (AvgIpc) is 2.81. The fraction of sp³-hybridized carbons (Fsp3) is 0.500. The number of halogens is 1. The van der Waals surface area contributed by atoms with Gasteiger partial charge < -0.3 is 5.11 Å². The van der Waals surface area contributed by atoms with Gasteiger partial charge >= 0.3 is 0 Å². The van der Waals surface area contributed by atoms with Gasteiger partial charge in [-0.3, -0.25) is 4.40 Å². The second-order valence-corrected chi connectivity index (χ2v) is 7.52. The molecule has 104 valence electrons. The molecule has 0 saturated heterocycles. The molecule has 0 aliphatic heterocycles. The minimum atomic E-state index is -3.69. The van der Waals surface area contributed by atoms with Gasteiger partial charge in [-0.05, 0) is 18.8 Å². The van der Waals surface area contributed by atoms with Gasteiger partial charge in [0.25, 0.3) is 10.0 Å². The topological polar surface area (TPSA) is 83.7 Å². The molecule has 1 aliphatic rings. The third-order valence-corrected chi connectivity index (χ3v) is 5.78. The summed E-state index contributed by atoms with van der Waals surface area (Å²) in [5.41, 5.74) is 0. The van der Waals surface area contributed by atoms with Gasteiger partial charge in [0.05, 0.1) is 6.10 Å². The predicted octanol–water partition coefficient (Wildman–Crippen LogP) is 1.10. The molecule has 0 atom stereocenters. The summed E-state index contributed by atoms with van der Waals surface area (Å²) >= 11 is 7.22. The highest BCUT2D eigenvalue weighted by molar-refractivity contribution is 7.89. The molecule has 2 aromatic rings. The van der Waals surface area contributed by atoms with E-state index in [1.54, 1.807) is 11.6 Å². The van der Waals surface area contributed by atoms with Crippen molar-refractivity contribution in [1.29, 1.82) is 0 Å². The van der Waals surface area contributed by atoms with E-state index in [9.17, 15) is 13.5 Å². The maximum atomic E-state index is 12.2. The highest BCUT2D eigenvalue weighted by atomic mass is 35.5. The molecule has 2 heterocycles. The summed E-state index contributed by atoms with van der Waals surface area (Å²) < 4.78 is 28.5. The molecule has 0 unspecified atom stereocenters. The van der Waals surface area contributed by atoms with Gasteiger partial charge in [-0.2, -0.15) is 0 Å². The van der Waals surface area contributed by atoms with Crippen LogP contribution in [0.25, 0.3) is 4.96 Å². The number of nitrogens with one attached hydrogen (secondary N) is 1. The van der Waals surface area contributed by atoms with E-state index in [2.05, 4.69) is 9.71 Å². The summed E-state index contributed by atoms with van der Waals surface area (Å²) in [5.74, 6) is 0.189. The van der Waals surface area contributed by atoms with E-state index in [1.807, 2.05) is 0 Å². The number of aliphatic hydroxyl groups excluding tert-OH is 1. The van der Waals surface area contributed by atoms with Crippen LogP contribution >= 0.6 is 22.9 Å². The van der Waals surface area contributed by atoms with Crippen LogP contribution in [0.4, 0.5) is 0 Å². The van der Waals surface area contributed by atoms with Gasteiger partial charge in [0.1, 0.15) is 0 Å². The Morgan fingerprint density at radius 2 is 2.32 bits per heavy atom. The molecule has 0 amide bonds. The quantitative estimate of drug-likeness (QED) is 0.883. The number of aliphatic hydroxyl groups is 1. The molecule has 0 bridgehead atoms. The van der Waals surface area contributed by atoms with Gasteiger partial charge in [-0.25, -0.2) is 18.1 Å². The molecule has 0 aromatic carbocycles. The number of sulfonamides is 1. The van der Waals surface area contributed by atoms with Crippen LogP contribution in [0.2, 0.25) is 5.15 Å². The molecule has 1 saturated carbocycles. The zero-order valence-electron chi connectivity index (χ0n) is 9.78. The normalized spacial score (nSPS) is 23.7. The largest absolute Gasteiger partial charge is 0.393 e. The van der Waals surface area contributed by atoms with Gasteiger partial charge in [0.15, 0.2) is 15.1 Å². The number of nitrogens with zero attached hydrogens (tertiary/aromatic N) is 2. The fourth-order valence-corrected chi connectivity index (χ4v) is 4.71. The van der Waals surface area contributed by atoms with Crippen molar-refractivity contribution >= 4 is 37.9 Å². The smallest absolute Gasteiger partial charge is 0.259 e. The van der Waals surface area contributed by atoms with E-state index < -0.39 is 10.0 Å². The summed E-state index contributed by atoms with van der Waals surface area (Å²) in [6, 6.07) is 0. The van der Waals surface area contributed by atoms with Crippen LogP contribution in [0.15, 0.2) is 16.6 Å². The SMILES string of the molecule is O=S(=O)(NCC1CC(O)C1)c1c(Cl)nc2sccn12. The number of thiazole rings is 1. The average molecular weight is 322 g/mol. The number of aromatic nitrogens is 2. The molecule has 2 N–H and O–H groups in total. The van der Waals surface area contributed by atoms with E-state index in [4.69, 9.17) is 11.6 Å². The lowest BCUT2D eigenvalue weighted by molar-refractivity contribution is 0.0453. The van der Waals surface area contributed by atoms with Crippen molar-refractivity contribution in [1.82, 2.24) is 14.1 Å². The first-order valence-corrected chi connectivity index (χ1v) is 8.50. The molecule has 0 spiro atoms. The molecular weight excluding hydrogens is 310 g/mol. The van der Waals surface area contributed by atoms with Gasteiger partial charge in [-0.1, -0.05) is 11.6 Å². The number of imidazole rings is 1.